The molecule has 0 fully saturated rings. The van der Waals surface area contributed by atoms with Gasteiger partial charge in [0.2, 0.25) is 0 Å². The molecular formula is C11H14F2N2O3. The molecule has 0 saturated heterocycles. The molecule has 0 spiro atoms. The number of carbonyl (C=O) groups excluding carboxylic acids is 1. The van der Waals surface area contributed by atoms with Gasteiger partial charge < -0.3 is 21.3 Å². The lowest BCUT2D eigenvalue weighted by Crippen LogP contribution is -2.52. The topological polar surface area (TPSA) is 95.6 Å². The average Bonchev–Trinajstić information content (AvgIpc) is 2.34. The molecule has 5 N–H and O–H groups in total. The van der Waals surface area contributed by atoms with Crippen LogP contribution in [0.1, 0.15) is 17.3 Å². The van der Waals surface area contributed by atoms with Crippen LogP contribution >= 0.6 is 0 Å². The molecule has 0 radical (unpaired) electrons. The Balaban J connectivity index is 3.09. The quantitative estimate of drug-likeness (QED) is 0.574. The summed E-state index contributed by atoms with van der Waals surface area (Å²) < 4.78 is 26.9. The van der Waals surface area contributed by atoms with Gasteiger partial charge in [-0.05, 0) is 19.1 Å². The number of nitrogens with two attached hydrogens (primary N) is 1. The summed E-state index contributed by atoms with van der Waals surface area (Å²) in [5, 5.41) is 20.1. The van der Waals surface area contributed by atoms with Crippen molar-refractivity contribution in [2.45, 2.75) is 12.5 Å². The summed E-state index contributed by atoms with van der Waals surface area (Å²) in [4.78, 5) is 11.7. The predicted octanol–water partition coefficient (Wildman–Crippen LogP) is 0.0201. The van der Waals surface area contributed by atoms with Crippen molar-refractivity contribution in [1.29, 1.82) is 0 Å². The summed E-state index contributed by atoms with van der Waals surface area (Å²) in [6.07, 6.45) is 0. The fraction of sp³-hybridized carbons (Fsp3) is 0.364. The number of halogens is 2. The van der Waals surface area contributed by atoms with Gasteiger partial charge >= 0.3 is 0 Å². The van der Waals surface area contributed by atoms with Crippen molar-refractivity contribution in [2.75, 3.05) is 18.9 Å². The molecule has 0 atom stereocenters. The largest absolute Gasteiger partial charge is 0.396 e. The predicted molar refractivity (Wildman–Crippen MR) is 60.8 cm³/mol. The van der Waals surface area contributed by atoms with E-state index < -0.39 is 41.9 Å². The molecule has 0 aliphatic rings. The van der Waals surface area contributed by atoms with Gasteiger partial charge in [0.1, 0.15) is 11.4 Å². The minimum atomic E-state index is -1.37. The lowest BCUT2D eigenvalue weighted by molar-refractivity contribution is 0.0716. The van der Waals surface area contributed by atoms with E-state index in [4.69, 9.17) is 15.9 Å². The second-order valence-corrected chi connectivity index (χ2v) is 4.16. The Labute approximate surface area is 102 Å². The highest BCUT2D eigenvalue weighted by molar-refractivity contribution is 5.96. The maximum Gasteiger partial charge on any atom is 0.257 e. The van der Waals surface area contributed by atoms with Gasteiger partial charge in [0.15, 0.2) is 5.82 Å². The highest BCUT2D eigenvalue weighted by Crippen LogP contribution is 2.19. The Morgan fingerprint density at radius 3 is 2.44 bits per heavy atom. The van der Waals surface area contributed by atoms with Gasteiger partial charge in [-0.25, -0.2) is 8.78 Å². The SMILES string of the molecule is CC(CO)(CO)NC(=O)c1c(F)ccc(N)c1F. The van der Waals surface area contributed by atoms with Crippen molar-refractivity contribution in [1.82, 2.24) is 5.32 Å². The molecule has 1 amide bonds. The van der Waals surface area contributed by atoms with Crippen LogP contribution in [0.3, 0.4) is 0 Å². The van der Waals surface area contributed by atoms with Gasteiger partial charge in [-0.15, -0.1) is 0 Å². The molecule has 0 unspecified atom stereocenters. The minimum Gasteiger partial charge on any atom is -0.396 e. The first kappa shape index (κ1) is 14.3. The van der Waals surface area contributed by atoms with E-state index in [1.54, 1.807) is 0 Å². The van der Waals surface area contributed by atoms with Crippen molar-refractivity contribution in [3.05, 3.63) is 29.3 Å². The number of anilines is 1. The molecular weight excluding hydrogens is 246 g/mol. The number of amides is 1. The number of nitrogens with one attached hydrogen (secondary N) is 1. The molecule has 1 rings (SSSR count). The highest BCUT2D eigenvalue weighted by atomic mass is 19.1. The third-order valence-corrected chi connectivity index (χ3v) is 2.46. The molecule has 1 aromatic rings. The van der Waals surface area contributed by atoms with Gasteiger partial charge in [0.25, 0.3) is 5.91 Å². The second-order valence-electron chi connectivity index (χ2n) is 4.16. The zero-order chi connectivity index (χ0) is 13.9. The molecule has 0 heterocycles. The van der Waals surface area contributed by atoms with Gasteiger partial charge in [-0.1, -0.05) is 0 Å². The van der Waals surface area contributed by atoms with Gasteiger partial charge in [-0.2, -0.15) is 0 Å². The fourth-order valence-electron chi connectivity index (χ4n) is 1.24. The van der Waals surface area contributed by atoms with Crippen molar-refractivity contribution in [2.24, 2.45) is 0 Å². The number of aliphatic hydroxyl groups excluding tert-OH is 2. The smallest absolute Gasteiger partial charge is 0.257 e. The van der Waals surface area contributed by atoms with Crippen LogP contribution in [-0.2, 0) is 0 Å². The van der Waals surface area contributed by atoms with Crippen LogP contribution in [-0.4, -0.2) is 34.9 Å². The Hall–Kier alpha value is -1.73. The molecule has 1 aromatic carbocycles. The van der Waals surface area contributed by atoms with Crippen LogP contribution in [0, 0.1) is 11.6 Å². The second kappa shape index (κ2) is 5.28. The van der Waals surface area contributed by atoms with Crippen molar-refractivity contribution < 1.29 is 23.8 Å². The van der Waals surface area contributed by atoms with Gasteiger partial charge in [0, 0.05) is 0 Å². The van der Waals surface area contributed by atoms with Gasteiger partial charge in [-0.3, -0.25) is 4.79 Å². The number of carbonyl (C=O) groups is 1. The minimum absolute atomic E-state index is 0.365. The molecule has 0 aliphatic heterocycles. The summed E-state index contributed by atoms with van der Waals surface area (Å²) in [6, 6.07) is 1.86. The Morgan fingerprint density at radius 2 is 1.94 bits per heavy atom. The van der Waals surface area contributed by atoms with Crippen LogP contribution < -0.4 is 11.1 Å². The normalized spacial score (nSPS) is 11.4. The number of nitrogen functional groups attached to an aromatic ring is 1. The maximum atomic E-state index is 13.5. The summed E-state index contributed by atoms with van der Waals surface area (Å²) in [5.41, 5.74) is 2.65. The number of benzene rings is 1. The van der Waals surface area contributed by atoms with Crippen molar-refractivity contribution >= 4 is 11.6 Å². The molecule has 5 nitrogen and oxygen atoms in total. The third-order valence-electron chi connectivity index (χ3n) is 2.46. The molecule has 100 valence electrons. The average molecular weight is 260 g/mol. The Bertz CT molecular complexity index is 462. The lowest BCUT2D eigenvalue weighted by Gasteiger charge is -2.26. The lowest BCUT2D eigenvalue weighted by atomic mass is 10.0. The molecule has 0 aromatic heterocycles. The molecule has 0 saturated carbocycles. The molecule has 18 heavy (non-hydrogen) atoms. The van der Waals surface area contributed by atoms with E-state index in [1.807, 2.05) is 0 Å². The zero-order valence-corrected chi connectivity index (χ0v) is 9.70. The summed E-state index contributed by atoms with van der Waals surface area (Å²) in [6.45, 7) is 0.161. The summed E-state index contributed by atoms with van der Waals surface area (Å²) >= 11 is 0. The summed E-state index contributed by atoms with van der Waals surface area (Å²) in [5.74, 6) is -3.34. The van der Waals surface area contributed by atoms with Crippen LogP contribution in [0.2, 0.25) is 0 Å². The summed E-state index contributed by atoms with van der Waals surface area (Å²) in [7, 11) is 0. The molecule has 0 bridgehead atoms. The first-order valence-corrected chi connectivity index (χ1v) is 5.12. The van der Waals surface area contributed by atoms with Crippen molar-refractivity contribution in [3.8, 4) is 0 Å². The van der Waals surface area contributed by atoms with E-state index in [-0.39, 0.29) is 5.69 Å². The zero-order valence-electron chi connectivity index (χ0n) is 9.70. The van der Waals surface area contributed by atoms with E-state index in [2.05, 4.69) is 5.32 Å². The standard InChI is InChI=1S/C11H14F2N2O3/c1-11(4-16,5-17)15-10(18)8-6(12)2-3-7(14)9(8)13/h2-3,16-17H,4-5,14H2,1H3,(H,15,18). The van der Waals surface area contributed by atoms with Crippen LogP contribution in [0.15, 0.2) is 12.1 Å². The number of rotatable bonds is 4. The van der Waals surface area contributed by atoms with Crippen LogP contribution in [0.5, 0.6) is 0 Å². The van der Waals surface area contributed by atoms with E-state index in [0.29, 0.717) is 0 Å². The Morgan fingerprint density at radius 1 is 1.39 bits per heavy atom. The number of aliphatic hydroxyl groups is 2. The van der Waals surface area contributed by atoms with Crippen molar-refractivity contribution in [3.63, 3.8) is 0 Å². The van der Waals surface area contributed by atoms with E-state index in [0.717, 1.165) is 12.1 Å². The van der Waals surface area contributed by atoms with Gasteiger partial charge in [0.05, 0.1) is 24.4 Å². The molecule has 7 heteroatoms. The molecule has 0 aliphatic carbocycles. The monoisotopic (exact) mass is 260 g/mol. The fourth-order valence-corrected chi connectivity index (χ4v) is 1.24. The number of hydrogen-bond acceptors (Lipinski definition) is 4. The number of hydrogen-bond donors (Lipinski definition) is 4. The maximum absolute atomic E-state index is 13.5. The van der Waals surface area contributed by atoms with Crippen LogP contribution in [0.4, 0.5) is 14.5 Å². The van der Waals surface area contributed by atoms with Crippen LogP contribution in [0.25, 0.3) is 0 Å². The first-order valence-electron chi connectivity index (χ1n) is 5.12. The Kier molecular flexibility index (Phi) is 4.20. The van der Waals surface area contributed by atoms with E-state index >= 15 is 0 Å². The van der Waals surface area contributed by atoms with E-state index in [9.17, 15) is 13.6 Å². The first-order chi connectivity index (χ1) is 8.34. The highest BCUT2D eigenvalue weighted by Gasteiger charge is 2.28. The van der Waals surface area contributed by atoms with E-state index in [1.165, 1.54) is 6.92 Å². The third kappa shape index (κ3) is 2.74.